The van der Waals surface area contributed by atoms with E-state index in [0.29, 0.717) is 11.1 Å². The van der Waals surface area contributed by atoms with E-state index in [2.05, 4.69) is 15.6 Å². The molecule has 0 saturated carbocycles. The Morgan fingerprint density at radius 2 is 1.54 bits per heavy atom. The number of nitrogens with one attached hydrogen (secondary N) is 3. The topological polar surface area (TPSA) is 195 Å². The Labute approximate surface area is 199 Å². The molecule has 11 nitrogen and oxygen atoms in total. The van der Waals surface area contributed by atoms with Gasteiger partial charge in [-0.3, -0.25) is 14.4 Å². The van der Waals surface area contributed by atoms with Crippen LogP contribution in [0.15, 0.2) is 54.7 Å². The third-order valence-electron chi connectivity index (χ3n) is 5.45. The minimum Gasteiger partial charge on any atom is -0.508 e. The summed E-state index contributed by atoms with van der Waals surface area (Å²) in [6.45, 7) is 0. The zero-order chi connectivity index (χ0) is 25.5. The third-order valence-corrected chi connectivity index (χ3v) is 5.45. The molecule has 1 heterocycles. The van der Waals surface area contributed by atoms with Crippen LogP contribution in [-0.2, 0) is 32.0 Å². The molecule has 0 spiro atoms. The number of nitrogens with two attached hydrogens (primary N) is 1. The summed E-state index contributed by atoms with van der Waals surface area (Å²) >= 11 is 0. The van der Waals surface area contributed by atoms with Gasteiger partial charge >= 0.3 is 11.9 Å². The highest BCUT2D eigenvalue weighted by molar-refractivity contribution is 5.94. The molecule has 0 saturated heterocycles. The van der Waals surface area contributed by atoms with Crippen LogP contribution in [0.2, 0.25) is 0 Å². The molecule has 184 valence electrons. The first kappa shape index (κ1) is 25.2. The number of phenolic OH excluding ortho intramolecular Hbond substituents is 1. The quantitative estimate of drug-likeness (QED) is 0.205. The number of benzene rings is 2. The number of carboxylic acid groups (broad SMARTS) is 2. The number of hydrogen-bond acceptors (Lipinski definition) is 6. The van der Waals surface area contributed by atoms with Gasteiger partial charge in [0.2, 0.25) is 11.8 Å². The number of carbonyl (C=O) groups excluding carboxylic acids is 2. The molecule has 0 fully saturated rings. The van der Waals surface area contributed by atoms with E-state index in [1.165, 1.54) is 24.3 Å². The highest BCUT2D eigenvalue weighted by atomic mass is 16.4. The van der Waals surface area contributed by atoms with Gasteiger partial charge in [-0.05, 0) is 29.3 Å². The number of carbonyl (C=O) groups is 4. The van der Waals surface area contributed by atoms with Crippen molar-refractivity contribution in [1.82, 2.24) is 15.6 Å². The summed E-state index contributed by atoms with van der Waals surface area (Å²) in [6.07, 6.45) is 0.992. The number of hydrogen-bond donors (Lipinski definition) is 7. The van der Waals surface area contributed by atoms with E-state index in [9.17, 15) is 29.4 Å². The fourth-order valence-corrected chi connectivity index (χ4v) is 3.63. The highest BCUT2D eigenvalue weighted by Gasteiger charge is 2.29. The second-order valence-electron chi connectivity index (χ2n) is 8.10. The predicted molar refractivity (Wildman–Crippen MR) is 126 cm³/mol. The van der Waals surface area contributed by atoms with Crippen LogP contribution in [0.25, 0.3) is 10.9 Å². The van der Waals surface area contributed by atoms with E-state index < -0.39 is 48.3 Å². The van der Waals surface area contributed by atoms with Gasteiger partial charge in [-0.2, -0.15) is 0 Å². The molecule has 0 bridgehead atoms. The Kier molecular flexibility index (Phi) is 8.05. The van der Waals surface area contributed by atoms with E-state index in [4.69, 9.17) is 10.8 Å². The second kappa shape index (κ2) is 11.2. The molecule has 0 radical (unpaired) electrons. The Bertz CT molecular complexity index is 1220. The Hall–Kier alpha value is -4.38. The molecule has 3 aromatic rings. The number of para-hydroxylation sites is 1. The lowest BCUT2D eigenvalue weighted by molar-refractivity contribution is -0.142. The summed E-state index contributed by atoms with van der Waals surface area (Å²) in [7, 11) is 0. The molecule has 0 unspecified atom stereocenters. The fraction of sp³-hybridized carbons (Fsp3) is 0.250. The Morgan fingerprint density at radius 1 is 0.886 bits per heavy atom. The van der Waals surface area contributed by atoms with Crippen LogP contribution in [0.4, 0.5) is 0 Å². The van der Waals surface area contributed by atoms with E-state index in [0.717, 1.165) is 10.9 Å². The number of aromatic amines is 1. The maximum atomic E-state index is 13.1. The van der Waals surface area contributed by atoms with Gasteiger partial charge in [0.25, 0.3) is 0 Å². The summed E-state index contributed by atoms with van der Waals surface area (Å²) in [5, 5.41) is 33.7. The first-order valence-electron chi connectivity index (χ1n) is 10.8. The van der Waals surface area contributed by atoms with Crippen molar-refractivity contribution in [2.24, 2.45) is 5.73 Å². The molecule has 8 N–H and O–H groups in total. The smallest absolute Gasteiger partial charge is 0.326 e. The molecule has 0 aliphatic heterocycles. The molecule has 2 amide bonds. The number of H-pyrrole nitrogens is 1. The molecule has 35 heavy (non-hydrogen) atoms. The second-order valence-corrected chi connectivity index (χ2v) is 8.10. The lowest BCUT2D eigenvalue weighted by Crippen LogP contribution is -2.55. The van der Waals surface area contributed by atoms with Crippen molar-refractivity contribution >= 4 is 34.7 Å². The van der Waals surface area contributed by atoms with Crippen LogP contribution in [0.1, 0.15) is 17.5 Å². The zero-order valence-corrected chi connectivity index (χ0v) is 18.6. The lowest BCUT2D eigenvalue weighted by Gasteiger charge is -2.23. The van der Waals surface area contributed by atoms with Crippen LogP contribution in [0.5, 0.6) is 5.75 Å². The number of aromatic nitrogens is 1. The average molecular weight is 482 g/mol. The molecular weight excluding hydrogens is 456 g/mol. The maximum absolute atomic E-state index is 13.1. The van der Waals surface area contributed by atoms with Gasteiger partial charge in [-0.25, -0.2) is 4.79 Å². The molecule has 0 aliphatic rings. The molecule has 3 rings (SSSR count). The largest absolute Gasteiger partial charge is 0.508 e. The van der Waals surface area contributed by atoms with Crippen LogP contribution in [0, 0.1) is 0 Å². The van der Waals surface area contributed by atoms with Crippen molar-refractivity contribution in [2.75, 3.05) is 0 Å². The van der Waals surface area contributed by atoms with Gasteiger partial charge in [-0.1, -0.05) is 30.3 Å². The summed E-state index contributed by atoms with van der Waals surface area (Å²) < 4.78 is 0. The van der Waals surface area contributed by atoms with Gasteiger partial charge in [-0.15, -0.1) is 0 Å². The van der Waals surface area contributed by atoms with E-state index in [1.54, 1.807) is 6.20 Å². The molecule has 3 atom stereocenters. The standard InChI is InChI=1S/C24H26N4O7/c25-17(11-21(30)31)22(32)27-19(10-14-12-26-18-4-2-1-3-16(14)18)23(33)28-20(24(34)35)9-13-5-7-15(29)8-6-13/h1-8,12,17,19-20,26,29H,9-11,25H2,(H,27,32)(H,28,33)(H,30,31)(H,34,35)/t17-,19-,20-/m0/s1. The molecule has 11 heteroatoms. The lowest BCUT2D eigenvalue weighted by atomic mass is 10.0. The summed E-state index contributed by atoms with van der Waals surface area (Å²) in [4.78, 5) is 51.5. The number of phenols is 1. The maximum Gasteiger partial charge on any atom is 0.326 e. The van der Waals surface area contributed by atoms with E-state index in [1.807, 2.05) is 24.3 Å². The van der Waals surface area contributed by atoms with Gasteiger partial charge < -0.3 is 36.7 Å². The number of aliphatic carboxylic acids is 2. The monoisotopic (exact) mass is 482 g/mol. The summed E-state index contributed by atoms with van der Waals surface area (Å²) in [5.41, 5.74) is 7.72. The zero-order valence-electron chi connectivity index (χ0n) is 18.6. The van der Waals surface area contributed by atoms with E-state index in [-0.39, 0.29) is 18.6 Å². The van der Waals surface area contributed by atoms with Crippen LogP contribution >= 0.6 is 0 Å². The van der Waals surface area contributed by atoms with Crippen molar-refractivity contribution in [3.8, 4) is 5.75 Å². The SMILES string of the molecule is N[C@@H](CC(=O)O)C(=O)N[C@@H](Cc1c[nH]c2ccccc12)C(=O)N[C@@H](Cc1ccc(O)cc1)C(=O)O. The van der Waals surface area contributed by atoms with Gasteiger partial charge in [0.05, 0.1) is 12.5 Å². The van der Waals surface area contributed by atoms with Crippen molar-refractivity contribution in [1.29, 1.82) is 0 Å². The fourth-order valence-electron chi connectivity index (χ4n) is 3.63. The normalized spacial score (nSPS) is 13.5. The predicted octanol–water partition coefficient (Wildman–Crippen LogP) is 0.515. The van der Waals surface area contributed by atoms with Gasteiger partial charge in [0.1, 0.15) is 17.8 Å². The van der Waals surface area contributed by atoms with Crippen molar-refractivity contribution in [2.45, 2.75) is 37.4 Å². The summed E-state index contributed by atoms with van der Waals surface area (Å²) in [6, 6.07) is 9.27. The first-order chi connectivity index (χ1) is 16.6. The number of rotatable bonds is 11. The first-order valence-corrected chi connectivity index (χ1v) is 10.8. The number of amides is 2. The minimum absolute atomic E-state index is 0.00687. The highest BCUT2D eigenvalue weighted by Crippen LogP contribution is 2.19. The van der Waals surface area contributed by atoms with Gasteiger partial charge in [0.15, 0.2) is 0 Å². The Balaban J connectivity index is 1.81. The van der Waals surface area contributed by atoms with Crippen molar-refractivity contribution in [3.05, 3.63) is 65.9 Å². The minimum atomic E-state index is -1.39. The van der Waals surface area contributed by atoms with Crippen LogP contribution in [0.3, 0.4) is 0 Å². The molecular formula is C24H26N4O7. The van der Waals surface area contributed by atoms with Crippen molar-refractivity contribution in [3.63, 3.8) is 0 Å². The Morgan fingerprint density at radius 3 is 2.20 bits per heavy atom. The molecule has 2 aromatic carbocycles. The summed E-state index contributed by atoms with van der Waals surface area (Å²) in [5.74, 6) is -4.16. The molecule has 0 aliphatic carbocycles. The number of fused-ring (bicyclic) bond motifs is 1. The average Bonchev–Trinajstić information content (AvgIpc) is 3.21. The van der Waals surface area contributed by atoms with Crippen LogP contribution in [-0.4, -0.2) is 62.2 Å². The van der Waals surface area contributed by atoms with Crippen molar-refractivity contribution < 1.29 is 34.5 Å². The third kappa shape index (κ3) is 6.81. The number of aromatic hydroxyl groups is 1. The number of carboxylic acids is 2. The van der Waals surface area contributed by atoms with Crippen LogP contribution < -0.4 is 16.4 Å². The van der Waals surface area contributed by atoms with E-state index >= 15 is 0 Å². The van der Waals surface area contributed by atoms with Gasteiger partial charge in [0, 0.05) is 29.9 Å². The molecule has 1 aromatic heterocycles.